The van der Waals surface area contributed by atoms with Crippen LogP contribution in [0.1, 0.15) is 0 Å². The fourth-order valence-electron chi connectivity index (χ4n) is 0. The van der Waals surface area contributed by atoms with Crippen LogP contribution in [0.3, 0.4) is 0 Å². The molecular weight excluding hydrogens is 103 g/mol. The molecule has 0 aromatic heterocycles. The molecule has 0 aliphatic carbocycles. The molecule has 0 bridgehead atoms. The molecule has 0 heterocycles. The largest absolute Gasteiger partial charge is 0.326 e. The zero-order chi connectivity index (χ0) is 5.21. The lowest BCUT2D eigenvalue weighted by atomic mass is 11.0. The van der Waals surface area contributed by atoms with E-state index in [1.807, 2.05) is 0 Å². The molecule has 0 fully saturated rings. The minimum Gasteiger partial charge on any atom is -0.324 e. The van der Waals surface area contributed by atoms with Gasteiger partial charge in [-0.1, -0.05) is 0 Å². The summed E-state index contributed by atoms with van der Waals surface area (Å²) in [6.07, 6.45) is -0.812. The summed E-state index contributed by atoms with van der Waals surface area (Å²) in [5, 5.41) is 0. The molecule has 6 heavy (non-hydrogen) atoms. The van der Waals surface area contributed by atoms with E-state index in [1.54, 1.807) is 0 Å². The van der Waals surface area contributed by atoms with Crippen LogP contribution in [-0.4, -0.2) is 15.9 Å². The SMILES string of the molecule is [C]CP(=O)(O)O. The van der Waals surface area contributed by atoms with Crippen molar-refractivity contribution < 1.29 is 14.4 Å². The van der Waals surface area contributed by atoms with Crippen molar-refractivity contribution in [1.29, 1.82) is 0 Å². The normalized spacial score (nSPS) is 11.8. The molecule has 0 unspecified atom stereocenters. The van der Waals surface area contributed by atoms with Gasteiger partial charge in [-0.15, -0.1) is 0 Å². The maximum Gasteiger partial charge on any atom is 0.326 e. The van der Waals surface area contributed by atoms with E-state index < -0.39 is 13.8 Å². The molecule has 0 spiro atoms. The molecule has 0 atom stereocenters. The molecular formula is C2H4O3P. The van der Waals surface area contributed by atoms with Crippen LogP contribution in [0.15, 0.2) is 0 Å². The Kier molecular flexibility index (Phi) is 1.78. The lowest BCUT2D eigenvalue weighted by molar-refractivity contribution is 0.377. The monoisotopic (exact) mass is 107 g/mol. The van der Waals surface area contributed by atoms with Gasteiger partial charge in [0.2, 0.25) is 0 Å². The van der Waals surface area contributed by atoms with Crippen molar-refractivity contribution in [1.82, 2.24) is 0 Å². The molecule has 3 nitrogen and oxygen atoms in total. The summed E-state index contributed by atoms with van der Waals surface area (Å²) >= 11 is 0. The zero-order valence-electron chi connectivity index (χ0n) is 2.96. The van der Waals surface area contributed by atoms with E-state index in [9.17, 15) is 4.57 Å². The minimum atomic E-state index is -3.98. The van der Waals surface area contributed by atoms with Gasteiger partial charge in [0, 0.05) is 6.92 Å². The Bertz CT molecular complexity index is 72.9. The van der Waals surface area contributed by atoms with Gasteiger partial charge >= 0.3 is 7.60 Å². The molecule has 0 rings (SSSR count). The third kappa shape index (κ3) is 4.15. The summed E-state index contributed by atoms with van der Waals surface area (Å²) in [5.74, 6) is 0. The number of rotatable bonds is 1. The predicted octanol–water partition coefficient (Wildman–Crippen LogP) is -0.248. The van der Waals surface area contributed by atoms with E-state index in [4.69, 9.17) is 16.7 Å². The smallest absolute Gasteiger partial charge is 0.324 e. The summed E-state index contributed by atoms with van der Waals surface area (Å²) < 4.78 is 9.51. The van der Waals surface area contributed by atoms with Crippen molar-refractivity contribution in [2.75, 3.05) is 6.16 Å². The third-order valence-corrected chi connectivity index (χ3v) is 0.618. The molecule has 0 aromatic carbocycles. The molecule has 0 aliphatic heterocycles. The van der Waals surface area contributed by atoms with E-state index in [-0.39, 0.29) is 0 Å². The van der Waals surface area contributed by atoms with Crippen molar-refractivity contribution in [2.45, 2.75) is 0 Å². The Hall–Kier alpha value is 0.150. The highest BCUT2D eigenvalue weighted by Gasteiger charge is 2.05. The average Bonchev–Trinajstić information content (AvgIpc) is 1.35. The summed E-state index contributed by atoms with van der Waals surface area (Å²) in [7, 11) is -3.98. The van der Waals surface area contributed by atoms with E-state index in [2.05, 4.69) is 0 Å². The Balaban J connectivity index is 3.48. The van der Waals surface area contributed by atoms with Crippen LogP contribution in [0, 0.1) is 6.92 Å². The van der Waals surface area contributed by atoms with Crippen LogP contribution in [-0.2, 0) is 4.57 Å². The first-order valence-corrected chi connectivity index (χ1v) is 3.05. The first-order chi connectivity index (χ1) is 2.56. The van der Waals surface area contributed by atoms with Gasteiger partial charge in [-0.3, -0.25) is 4.57 Å². The standard InChI is InChI=1S/C2H4O3P/c1-2-6(3,4)5/h2H2,(H2,3,4,5). The molecule has 4 heteroatoms. The van der Waals surface area contributed by atoms with Crippen LogP contribution in [0.25, 0.3) is 0 Å². The summed E-state index contributed by atoms with van der Waals surface area (Å²) in [4.78, 5) is 15.5. The van der Waals surface area contributed by atoms with Gasteiger partial charge in [-0.25, -0.2) is 0 Å². The molecule has 2 N–H and O–H groups in total. The molecule has 0 aromatic rings. The summed E-state index contributed by atoms with van der Waals surface area (Å²) in [6.45, 7) is 6.09. The highest BCUT2D eigenvalue weighted by molar-refractivity contribution is 7.51. The molecule has 0 saturated carbocycles. The van der Waals surface area contributed by atoms with Crippen molar-refractivity contribution in [3.63, 3.8) is 0 Å². The minimum absolute atomic E-state index is 0.812. The summed E-state index contributed by atoms with van der Waals surface area (Å²) in [5.41, 5.74) is 0. The highest BCUT2D eigenvalue weighted by Crippen LogP contribution is 2.32. The van der Waals surface area contributed by atoms with Gasteiger partial charge in [0.05, 0.1) is 6.16 Å². The third-order valence-electron chi connectivity index (χ3n) is 0.206. The molecule has 0 amide bonds. The average molecular weight is 107 g/mol. The Labute approximate surface area is 36.2 Å². The lowest BCUT2D eigenvalue weighted by Crippen LogP contribution is -1.77. The second-order valence-corrected chi connectivity index (χ2v) is 2.47. The van der Waals surface area contributed by atoms with Crippen molar-refractivity contribution in [3.05, 3.63) is 6.92 Å². The highest BCUT2D eigenvalue weighted by atomic mass is 31.2. The second kappa shape index (κ2) is 1.73. The quantitative estimate of drug-likeness (QED) is 0.454. The predicted molar refractivity (Wildman–Crippen MR) is 20.2 cm³/mol. The van der Waals surface area contributed by atoms with Crippen molar-refractivity contribution >= 4 is 7.60 Å². The van der Waals surface area contributed by atoms with Crippen LogP contribution < -0.4 is 0 Å². The van der Waals surface area contributed by atoms with Crippen LogP contribution in [0.5, 0.6) is 0 Å². The van der Waals surface area contributed by atoms with Gasteiger partial charge < -0.3 is 9.79 Å². The molecule has 3 radical (unpaired) electrons. The van der Waals surface area contributed by atoms with E-state index in [0.717, 1.165) is 0 Å². The first-order valence-electron chi connectivity index (χ1n) is 1.25. The Morgan fingerprint density at radius 3 is 1.83 bits per heavy atom. The fraction of sp³-hybridized carbons (Fsp3) is 0.500. The molecule has 35 valence electrons. The number of hydrogen-bond acceptors (Lipinski definition) is 1. The van der Waals surface area contributed by atoms with Crippen LogP contribution in [0.4, 0.5) is 0 Å². The number of hydrogen-bond donors (Lipinski definition) is 2. The van der Waals surface area contributed by atoms with Crippen molar-refractivity contribution in [3.8, 4) is 0 Å². The van der Waals surface area contributed by atoms with Crippen LogP contribution in [0.2, 0.25) is 0 Å². The fourth-order valence-corrected chi connectivity index (χ4v) is 0. The van der Waals surface area contributed by atoms with Crippen LogP contribution >= 0.6 is 7.60 Å². The maximum absolute atomic E-state index is 9.51. The van der Waals surface area contributed by atoms with Gasteiger partial charge in [0.15, 0.2) is 0 Å². The van der Waals surface area contributed by atoms with Gasteiger partial charge in [0.25, 0.3) is 0 Å². The topological polar surface area (TPSA) is 57.5 Å². The van der Waals surface area contributed by atoms with E-state index in [0.29, 0.717) is 0 Å². The Morgan fingerprint density at radius 2 is 1.83 bits per heavy atom. The van der Waals surface area contributed by atoms with E-state index >= 15 is 0 Å². The van der Waals surface area contributed by atoms with E-state index in [1.165, 1.54) is 0 Å². The summed E-state index contributed by atoms with van der Waals surface area (Å²) in [6, 6.07) is 0. The second-order valence-electron chi connectivity index (χ2n) is 0.823. The zero-order valence-corrected chi connectivity index (χ0v) is 3.85. The lowest BCUT2D eigenvalue weighted by Gasteiger charge is -1.92. The van der Waals surface area contributed by atoms with Gasteiger partial charge in [-0.05, 0) is 0 Å². The maximum atomic E-state index is 9.51. The Morgan fingerprint density at radius 1 is 1.67 bits per heavy atom. The van der Waals surface area contributed by atoms with Gasteiger partial charge in [0.1, 0.15) is 0 Å². The van der Waals surface area contributed by atoms with Crippen molar-refractivity contribution in [2.24, 2.45) is 0 Å². The molecule has 0 saturated heterocycles. The molecule has 0 aliphatic rings. The first kappa shape index (κ1) is 6.15. The van der Waals surface area contributed by atoms with Gasteiger partial charge in [-0.2, -0.15) is 0 Å².